The molecule has 1 heterocycles. The molecule has 3 N–H and O–H groups in total. The van der Waals surface area contributed by atoms with Gasteiger partial charge in [0.2, 0.25) is 10.0 Å². The number of sulfonamides is 1. The van der Waals surface area contributed by atoms with Crippen LogP contribution in [-0.2, 0) is 29.4 Å². The topological polar surface area (TPSA) is 95.5 Å². The lowest BCUT2D eigenvalue weighted by Crippen LogP contribution is -2.38. The van der Waals surface area contributed by atoms with E-state index in [1.54, 1.807) is 35.6 Å². The van der Waals surface area contributed by atoms with Gasteiger partial charge in [-0.3, -0.25) is 0 Å². The van der Waals surface area contributed by atoms with Crippen molar-refractivity contribution < 1.29 is 8.42 Å². The van der Waals surface area contributed by atoms with Crippen molar-refractivity contribution in [3.63, 3.8) is 0 Å². The number of aryl methyl sites for hydroxylation is 1. The molecule has 1 aromatic heterocycles. The Morgan fingerprint density at radius 2 is 1.89 bits per heavy atom. The van der Waals surface area contributed by atoms with Gasteiger partial charge in [-0.05, 0) is 38.1 Å². The van der Waals surface area contributed by atoms with Gasteiger partial charge >= 0.3 is 0 Å². The van der Waals surface area contributed by atoms with Crippen molar-refractivity contribution in [2.45, 2.75) is 38.1 Å². The van der Waals surface area contributed by atoms with E-state index >= 15 is 0 Å². The lowest BCUT2D eigenvalue weighted by Gasteiger charge is -2.11. The molecule has 0 fully saturated rings. The Morgan fingerprint density at radius 1 is 1.18 bits per heavy atom. The maximum absolute atomic E-state index is 11.8. The molecule has 0 aliphatic heterocycles. The van der Waals surface area contributed by atoms with Crippen LogP contribution in [0.15, 0.2) is 40.4 Å². The maximum atomic E-state index is 11.8. The van der Waals surface area contributed by atoms with Crippen molar-refractivity contribution >= 4 is 51.3 Å². The quantitative estimate of drug-likeness (QED) is 0.260. The van der Waals surface area contributed by atoms with Crippen molar-refractivity contribution in [3.8, 4) is 0 Å². The Labute approximate surface area is 188 Å². The highest BCUT2D eigenvalue weighted by molar-refractivity contribution is 14.0. The van der Waals surface area contributed by atoms with Crippen LogP contribution < -0.4 is 15.4 Å². The highest BCUT2D eigenvalue weighted by Gasteiger charge is 2.10. The fourth-order valence-electron chi connectivity index (χ4n) is 2.32. The fourth-order valence-corrected chi connectivity index (χ4v) is 3.91. The molecule has 2 aromatic rings. The van der Waals surface area contributed by atoms with E-state index in [0.717, 1.165) is 42.5 Å². The molecule has 7 nitrogen and oxygen atoms in total. The van der Waals surface area contributed by atoms with Gasteiger partial charge in [0.15, 0.2) is 5.96 Å². The van der Waals surface area contributed by atoms with E-state index < -0.39 is 10.0 Å². The van der Waals surface area contributed by atoms with Gasteiger partial charge in [0, 0.05) is 30.6 Å². The molecule has 0 spiro atoms. The van der Waals surface area contributed by atoms with Gasteiger partial charge in [-0.2, -0.15) is 0 Å². The maximum Gasteiger partial charge on any atom is 0.240 e. The normalized spacial score (nSPS) is 11.8. The first-order chi connectivity index (χ1) is 13.0. The van der Waals surface area contributed by atoms with E-state index in [1.807, 2.05) is 13.1 Å². The van der Waals surface area contributed by atoms with Crippen molar-refractivity contribution in [3.05, 3.63) is 45.9 Å². The van der Waals surface area contributed by atoms with E-state index in [4.69, 9.17) is 0 Å². The standard InChI is InChI=1S/C18H27N5O2S2.HI/c1-4-15-13-22-17(26-15)10-11-21-18(20-5-2)23-12-14-6-8-16(9-7-14)27(24,25)19-3;/h6-9,13,19H,4-5,10-12H2,1-3H3,(H2,20,21,23);1H. The summed E-state index contributed by atoms with van der Waals surface area (Å²) in [6.45, 7) is 6.13. The minimum absolute atomic E-state index is 0. The smallest absolute Gasteiger partial charge is 0.240 e. The first-order valence-electron chi connectivity index (χ1n) is 8.96. The first-order valence-corrected chi connectivity index (χ1v) is 11.3. The van der Waals surface area contributed by atoms with E-state index in [-0.39, 0.29) is 28.9 Å². The van der Waals surface area contributed by atoms with Crippen LogP contribution in [0.25, 0.3) is 0 Å². The van der Waals surface area contributed by atoms with Gasteiger partial charge in [0.25, 0.3) is 0 Å². The monoisotopic (exact) mass is 537 g/mol. The SMILES string of the molecule is CCNC(=NCc1ccc(S(=O)(=O)NC)cc1)NCCc1ncc(CC)s1.I. The minimum Gasteiger partial charge on any atom is -0.357 e. The van der Waals surface area contributed by atoms with E-state index in [0.29, 0.717) is 6.54 Å². The van der Waals surface area contributed by atoms with Crippen molar-refractivity contribution in [2.24, 2.45) is 4.99 Å². The molecule has 0 amide bonds. The fraction of sp³-hybridized carbons (Fsp3) is 0.444. The van der Waals surface area contributed by atoms with Crippen LogP contribution in [0.4, 0.5) is 0 Å². The van der Waals surface area contributed by atoms with Crippen LogP contribution in [0.3, 0.4) is 0 Å². The second-order valence-corrected chi connectivity index (χ2v) is 8.88. The summed E-state index contributed by atoms with van der Waals surface area (Å²) in [5.41, 5.74) is 0.940. The number of aliphatic imine (C=N–C) groups is 1. The van der Waals surface area contributed by atoms with Crippen LogP contribution in [-0.4, -0.2) is 39.5 Å². The van der Waals surface area contributed by atoms with Gasteiger partial charge in [-0.25, -0.2) is 23.1 Å². The summed E-state index contributed by atoms with van der Waals surface area (Å²) >= 11 is 1.75. The zero-order valence-corrected chi connectivity index (χ0v) is 20.3. The molecule has 0 bridgehead atoms. The summed E-state index contributed by atoms with van der Waals surface area (Å²) in [7, 11) is -2.01. The summed E-state index contributed by atoms with van der Waals surface area (Å²) in [5, 5.41) is 7.65. The molecular weight excluding hydrogens is 509 g/mol. The van der Waals surface area contributed by atoms with E-state index in [2.05, 4.69) is 32.3 Å². The van der Waals surface area contributed by atoms with Gasteiger partial charge in [0.1, 0.15) is 0 Å². The number of thiazole rings is 1. The number of aromatic nitrogens is 1. The molecule has 1 aromatic carbocycles. The second kappa shape index (κ2) is 12.3. The molecule has 2 rings (SSSR count). The van der Waals surface area contributed by atoms with Crippen molar-refractivity contribution in [2.75, 3.05) is 20.1 Å². The Hall–Kier alpha value is -1.24. The number of halogens is 1. The summed E-state index contributed by atoms with van der Waals surface area (Å²) in [6, 6.07) is 6.73. The third-order valence-electron chi connectivity index (χ3n) is 3.85. The minimum atomic E-state index is -3.41. The van der Waals surface area contributed by atoms with Gasteiger partial charge in [-0.1, -0.05) is 19.1 Å². The number of nitrogens with zero attached hydrogens (tertiary/aromatic N) is 2. The molecule has 10 heteroatoms. The Kier molecular flexibility index (Phi) is 10.9. The molecule has 0 aliphatic rings. The third-order valence-corrected chi connectivity index (χ3v) is 6.48. The summed E-state index contributed by atoms with van der Waals surface area (Å²) in [5.74, 6) is 0.733. The number of hydrogen-bond acceptors (Lipinski definition) is 5. The molecule has 156 valence electrons. The predicted octanol–water partition coefficient (Wildman–Crippen LogP) is 2.53. The van der Waals surface area contributed by atoms with Crippen LogP contribution in [0.1, 0.15) is 29.3 Å². The largest absolute Gasteiger partial charge is 0.357 e. The molecule has 0 saturated carbocycles. The molecule has 0 unspecified atom stereocenters. The Morgan fingerprint density at radius 3 is 2.46 bits per heavy atom. The van der Waals surface area contributed by atoms with Gasteiger partial charge in [0.05, 0.1) is 16.4 Å². The summed E-state index contributed by atoms with van der Waals surface area (Å²) in [4.78, 5) is 10.5. The molecule has 0 atom stereocenters. The Balaban J connectivity index is 0.00000392. The van der Waals surface area contributed by atoms with Gasteiger partial charge in [-0.15, -0.1) is 35.3 Å². The molecule has 0 aliphatic carbocycles. The number of guanidine groups is 1. The lowest BCUT2D eigenvalue weighted by atomic mass is 10.2. The summed E-state index contributed by atoms with van der Waals surface area (Å²) in [6.07, 6.45) is 3.81. The first kappa shape index (κ1) is 24.8. The lowest BCUT2D eigenvalue weighted by molar-refractivity contribution is 0.588. The van der Waals surface area contributed by atoms with Crippen LogP contribution >= 0.6 is 35.3 Å². The summed E-state index contributed by atoms with van der Waals surface area (Å²) < 4.78 is 25.8. The average Bonchev–Trinajstić information content (AvgIpc) is 3.14. The molecule has 0 saturated heterocycles. The van der Waals surface area contributed by atoms with Crippen molar-refractivity contribution in [1.29, 1.82) is 0 Å². The number of benzene rings is 1. The zero-order valence-electron chi connectivity index (χ0n) is 16.4. The highest BCUT2D eigenvalue weighted by atomic mass is 127. The second-order valence-electron chi connectivity index (χ2n) is 5.80. The van der Waals surface area contributed by atoms with Crippen LogP contribution in [0, 0.1) is 0 Å². The highest BCUT2D eigenvalue weighted by Crippen LogP contribution is 2.13. The third kappa shape index (κ3) is 7.64. The predicted molar refractivity (Wildman–Crippen MR) is 126 cm³/mol. The van der Waals surface area contributed by atoms with Crippen molar-refractivity contribution in [1.82, 2.24) is 20.3 Å². The number of hydrogen-bond donors (Lipinski definition) is 3. The van der Waals surface area contributed by atoms with Gasteiger partial charge < -0.3 is 10.6 Å². The van der Waals surface area contributed by atoms with E-state index in [1.165, 1.54) is 11.9 Å². The Bertz CT molecular complexity index is 851. The molecule has 0 radical (unpaired) electrons. The van der Waals surface area contributed by atoms with Crippen LogP contribution in [0.5, 0.6) is 0 Å². The van der Waals surface area contributed by atoms with E-state index in [9.17, 15) is 8.42 Å². The molecular formula is C18H28IN5O2S2. The molecule has 28 heavy (non-hydrogen) atoms. The zero-order chi connectivity index (χ0) is 19.7. The average molecular weight is 537 g/mol. The number of nitrogens with one attached hydrogen (secondary N) is 3. The van der Waals surface area contributed by atoms with Crippen LogP contribution in [0.2, 0.25) is 0 Å². The number of rotatable bonds is 9.